The van der Waals surface area contributed by atoms with Gasteiger partial charge < -0.3 is 9.73 Å². The Kier molecular flexibility index (Phi) is 6.21. The van der Waals surface area contributed by atoms with Gasteiger partial charge in [-0.2, -0.15) is 18.4 Å². The number of furan rings is 1. The molecule has 0 radical (unpaired) electrons. The predicted octanol–water partition coefficient (Wildman–Crippen LogP) is 4.93. The molecule has 2 N–H and O–H groups in total. The lowest BCUT2D eigenvalue weighted by molar-refractivity contribution is 0.0994. The molecule has 0 saturated heterocycles. The predicted molar refractivity (Wildman–Crippen MR) is 127 cm³/mol. The summed E-state index contributed by atoms with van der Waals surface area (Å²) < 4.78 is 31.9. The zero-order valence-corrected chi connectivity index (χ0v) is 20.0. The van der Waals surface area contributed by atoms with Gasteiger partial charge in [-0.1, -0.05) is 29.8 Å². The molecule has 0 unspecified atom stereocenters. The summed E-state index contributed by atoms with van der Waals surface area (Å²) in [6.45, 7) is 3.67. The van der Waals surface area contributed by atoms with E-state index < -0.39 is 10.0 Å². The van der Waals surface area contributed by atoms with Gasteiger partial charge in [0, 0.05) is 22.0 Å². The van der Waals surface area contributed by atoms with E-state index >= 15 is 0 Å². The number of para-hydroxylation sites is 1. The maximum absolute atomic E-state index is 12.9. The van der Waals surface area contributed by atoms with E-state index in [-0.39, 0.29) is 16.6 Å². The highest BCUT2D eigenvalue weighted by molar-refractivity contribution is 9.10. The number of sulfonamides is 1. The fourth-order valence-corrected chi connectivity index (χ4v) is 4.84. The van der Waals surface area contributed by atoms with E-state index in [0.29, 0.717) is 41.1 Å². The van der Waals surface area contributed by atoms with Crippen molar-refractivity contribution in [3.63, 3.8) is 0 Å². The molecule has 0 bridgehead atoms. The Morgan fingerprint density at radius 3 is 2.50 bits per heavy atom. The minimum atomic E-state index is -3.80. The third kappa shape index (κ3) is 4.49. The Labute approximate surface area is 195 Å². The second-order valence-electron chi connectivity index (χ2n) is 7.61. The SMILES string of the molecule is Cc1ccc(S(=O)(=O)N/N=C2\CCCc3oc(C(=O)Nc4ccccc4Br)c(C)c32)cc1. The van der Waals surface area contributed by atoms with Gasteiger partial charge in [0.15, 0.2) is 5.76 Å². The normalized spacial score (nSPS) is 14.8. The maximum atomic E-state index is 12.9. The molecule has 1 aliphatic rings. The zero-order chi connectivity index (χ0) is 22.9. The number of nitrogens with one attached hydrogen (secondary N) is 2. The molecule has 32 heavy (non-hydrogen) atoms. The van der Waals surface area contributed by atoms with Crippen molar-refractivity contribution in [2.75, 3.05) is 5.32 Å². The average molecular weight is 516 g/mol. The largest absolute Gasteiger partial charge is 0.455 e. The van der Waals surface area contributed by atoms with Gasteiger partial charge in [0.2, 0.25) is 0 Å². The van der Waals surface area contributed by atoms with Gasteiger partial charge in [-0.3, -0.25) is 4.79 Å². The molecule has 166 valence electrons. The summed E-state index contributed by atoms with van der Waals surface area (Å²) >= 11 is 3.42. The number of hydrogen-bond donors (Lipinski definition) is 2. The molecule has 0 atom stereocenters. The van der Waals surface area contributed by atoms with Crippen molar-refractivity contribution in [1.82, 2.24) is 4.83 Å². The van der Waals surface area contributed by atoms with E-state index in [1.54, 1.807) is 25.1 Å². The molecule has 1 amide bonds. The molecule has 0 saturated carbocycles. The van der Waals surface area contributed by atoms with Crippen LogP contribution in [-0.2, 0) is 16.4 Å². The first-order valence-electron chi connectivity index (χ1n) is 10.1. The van der Waals surface area contributed by atoms with Crippen LogP contribution in [0.15, 0.2) is 67.4 Å². The molecule has 0 fully saturated rings. The van der Waals surface area contributed by atoms with Crippen molar-refractivity contribution in [3.8, 4) is 0 Å². The molecule has 1 aromatic heterocycles. The first-order chi connectivity index (χ1) is 15.3. The van der Waals surface area contributed by atoms with Gasteiger partial charge >= 0.3 is 0 Å². The van der Waals surface area contributed by atoms with E-state index in [9.17, 15) is 13.2 Å². The summed E-state index contributed by atoms with van der Waals surface area (Å²) in [5, 5.41) is 7.05. The summed E-state index contributed by atoms with van der Waals surface area (Å²) in [5.74, 6) is 0.462. The molecule has 1 heterocycles. The van der Waals surface area contributed by atoms with E-state index in [1.165, 1.54) is 12.1 Å². The van der Waals surface area contributed by atoms with Crippen LogP contribution in [0.5, 0.6) is 0 Å². The Morgan fingerprint density at radius 1 is 1.06 bits per heavy atom. The third-order valence-electron chi connectivity index (χ3n) is 5.29. The van der Waals surface area contributed by atoms with Gasteiger partial charge in [0.1, 0.15) is 5.76 Å². The number of hydrogen-bond acceptors (Lipinski definition) is 5. The number of hydrazone groups is 1. The number of carbonyl (C=O) groups excluding carboxylic acids is 1. The van der Waals surface area contributed by atoms with E-state index in [4.69, 9.17) is 4.42 Å². The number of halogens is 1. The van der Waals surface area contributed by atoms with Crippen molar-refractivity contribution in [1.29, 1.82) is 0 Å². The van der Waals surface area contributed by atoms with Crippen LogP contribution in [-0.4, -0.2) is 20.0 Å². The van der Waals surface area contributed by atoms with Crippen LogP contribution in [0.25, 0.3) is 0 Å². The van der Waals surface area contributed by atoms with E-state index in [1.807, 2.05) is 25.1 Å². The number of anilines is 1. The molecule has 0 aliphatic heterocycles. The Hall–Kier alpha value is -2.91. The van der Waals surface area contributed by atoms with Crippen molar-refractivity contribution in [2.45, 2.75) is 38.0 Å². The molecule has 1 aliphatic carbocycles. The molecule has 2 aromatic carbocycles. The van der Waals surface area contributed by atoms with Gasteiger partial charge in [0.25, 0.3) is 15.9 Å². The smallest absolute Gasteiger partial charge is 0.291 e. The van der Waals surface area contributed by atoms with Crippen LogP contribution in [0, 0.1) is 13.8 Å². The molecule has 7 nitrogen and oxygen atoms in total. The summed E-state index contributed by atoms with van der Waals surface area (Å²) in [7, 11) is -3.80. The minimum absolute atomic E-state index is 0.140. The number of nitrogens with zero attached hydrogens (tertiary/aromatic N) is 1. The van der Waals surface area contributed by atoms with E-state index in [2.05, 4.69) is 31.2 Å². The van der Waals surface area contributed by atoms with Crippen LogP contribution in [0.4, 0.5) is 5.69 Å². The van der Waals surface area contributed by atoms with E-state index in [0.717, 1.165) is 16.5 Å². The quantitative estimate of drug-likeness (QED) is 0.470. The average Bonchev–Trinajstić information content (AvgIpc) is 3.11. The van der Waals surface area contributed by atoms with Gasteiger partial charge in [0.05, 0.1) is 16.3 Å². The highest BCUT2D eigenvalue weighted by atomic mass is 79.9. The lowest BCUT2D eigenvalue weighted by atomic mass is 9.93. The summed E-state index contributed by atoms with van der Waals surface area (Å²) in [6, 6.07) is 13.8. The van der Waals surface area contributed by atoms with Crippen LogP contribution >= 0.6 is 15.9 Å². The van der Waals surface area contributed by atoms with Crippen molar-refractivity contribution in [3.05, 3.63) is 81.2 Å². The van der Waals surface area contributed by atoms with Gasteiger partial charge in [-0.05, 0) is 66.9 Å². The van der Waals surface area contributed by atoms with Gasteiger partial charge in [-0.25, -0.2) is 0 Å². The van der Waals surface area contributed by atoms with Crippen LogP contribution in [0.3, 0.4) is 0 Å². The molecule has 0 spiro atoms. The molecule has 4 rings (SSSR count). The number of carbonyl (C=O) groups is 1. The summed E-state index contributed by atoms with van der Waals surface area (Å²) in [4.78, 5) is 15.3. The molecular weight excluding hydrogens is 494 g/mol. The lowest BCUT2D eigenvalue weighted by Gasteiger charge is -2.14. The monoisotopic (exact) mass is 515 g/mol. The third-order valence-corrected chi connectivity index (χ3v) is 7.20. The molecule has 9 heteroatoms. The number of benzene rings is 2. The fraction of sp³-hybridized carbons (Fsp3) is 0.217. The van der Waals surface area contributed by atoms with Crippen molar-refractivity contribution < 1.29 is 17.6 Å². The fourth-order valence-electron chi connectivity index (χ4n) is 3.62. The van der Waals surface area contributed by atoms with Crippen molar-refractivity contribution in [2.24, 2.45) is 5.10 Å². The second-order valence-corrected chi connectivity index (χ2v) is 10.1. The number of amides is 1. The first kappa shape index (κ1) is 22.3. The maximum Gasteiger partial charge on any atom is 0.291 e. The molecular formula is C23H22BrN3O4S. The van der Waals surface area contributed by atoms with Crippen LogP contribution in [0.1, 0.15) is 45.8 Å². The van der Waals surface area contributed by atoms with Crippen molar-refractivity contribution >= 4 is 43.3 Å². The zero-order valence-electron chi connectivity index (χ0n) is 17.6. The number of aryl methyl sites for hydroxylation is 2. The number of rotatable bonds is 5. The second kappa shape index (κ2) is 8.91. The highest BCUT2D eigenvalue weighted by Crippen LogP contribution is 2.31. The van der Waals surface area contributed by atoms with Gasteiger partial charge in [-0.15, -0.1) is 0 Å². The Morgan fingerprint density at radius 2 is 1.78 bits per heavy atom. The molecule has 3 aromatic rings. The Bertz CT molecular complexity index is 1310. The Balaban J connectivity index is 1.61. The highest BCUT2D eigenvalue weighted by Gasteiger charge is 2.28. The number of fused-ring (bicyclic) bond motifs is 1. The minimum Gasteiger partial charge on any atom is -0.455 e. The lowest BCUT2D eigenvalue weighted by Crippen LogP contribution is -2.22. The van der Waals surface area contributed by atoms with Crippen LogP contribution < -0.4 is 10.1 Å². The van der Waals surface area contributed by atoms with Crippen LogP contribution in [0.2, 0.25) is 0 Å². The first-order valence-corrected chi connectivity index (χ1v) is 12.4. The summed E-state index contributed by atoms with van der Waals surface area (Å²) in [5.41, 5.74) is 3.49. The summed E-state index contributed by atoms with van der Waals surface area (Å²) in [6.07, 6.45) is 1.98. The standard InChI is InChI=1S/C23H22BrN3O4S/c1-14-10-12-16(13-11-14)32(29,30)27-26-19-8-5-9-20-21(19)15(2)22(31-20)23(28)25-18-7-4-3-6-17(18)24/h3-4,6-7,10-13,27H,5,8-9H2,1-2H3,(H,25,28)/b26-19+. The topological polar surface area (TPSA) is 101 Å².